The fourth-order valence-corrected chi connectivity index (χ4v) is 3.76. The van der Waals surface area contributed by atoms with Crippen LogP contribution in [0.25, 0.3) is 11.1 Å². The van der Waals surface area contributed by atoms with Gasteiger partial charge in [-0.3, -0.25) is 0 Å². The molecule has 1 aromatic carbocycles. The average molecular weight is 419 g/mol. The molecule has 0 amide bonds. The van der Waals surface area contributed by atoms with Crippen molar-refractivity contribution in [3.05, 3.63) is 58.0 Å². The molecule has 3 aromatic rings. The summed E-state index contributed by atoms with van der Waals surface area (Å²) in [5.41, 5.74) is 2.60. The smallest absolute Gasteiger partial charge is 0.157 e. The molecule has 0 bridgehead atoms. The summed E-state index contributed by atoms with van der Waals surface area (Å²) in [6, 6.07) is 9.53. The number of nitrogens with one attached hydrogen (secondary N) is 1. The maximum atomic E-state index is 6.46. The Kier molecular flexibility index (Phi) is 5.71. The molecule has 0 aliphatic carbocycles. The number of halogens is 2. The Hall–Kier alpha value is -2.28. The molecule has 1 saturated heterocycles. The predicted molar refractivity (Wildman–Crippen MR) is 110 cm³/mol. The van der Waals surface area contributed by atoms with Crippen LogP contribution in [0.2, 0.25) is 10.0 Å². The van der Waals surface area contributed by atoms with Crippen LogP contribution in [-0.4, -0.2) is 36.3 Å². The van der Waals surface area contributed by atoms with Crippen molar-refractivity contribution in [2.75, 3.05) is 31.1 Å². The lowest BCUT2D eigenvalue weighted by Crippen LogP contribution is -2.43. The molecule has 28 heavy (non-hydrogen) atoms. The van der Waals surface area contributed by atoms with E-state index < -0.39 is 0 Å². The summed E-state index contributed by atoms with van der Waals surface area (Å²) < 4.78 is 10.8. The second-order valence-electron chi connectivity index (χ2n) is 6.63. The zero-order valence-electron chi connectivity index (χ0n) is 15.4. The van der Waals surface area contributed by atoms with Gasteiger partial charge in [-0.25, -0.2) is 4.98 Å². The molecule has 0 atom stereocenters. The Morgan fingerprint density at radius 3 is 2.54 bits per heavy atom. The lowest BCUT2D eigenvalue weighted by atomic mass is 10.1. The first kappa shape index (κ1) is 19.1. The molecule has 146 valence electrons. The number of benzene rings is 1. The number of rotatable bonds is 5. The first-order chi connectivity index (χ1) is 13.6. The second kappa shape index (κ2) is 8.39. The highest BCUT2D eigenvalue weighted by molar-refractivity contribution is 6.37. The third-order valence-corrected chi connectivity index (χ3v) is 5.12. The fraction of sp³-hybridized carbons (Fsp3) is 0.300. The lowest BCUT2D eigenvalue weighted by molar-refractivity contribution is 0.288. The lowest BCUT2D eigenvalue weighted by Gasteiger charge is -2.28. The zero-order valence-corrected chi connectivity index (χ0v) is 16.9. The molecule has 4 rings (SSSR count). The van der Waals surface area contributed by atoms with Gasteiger partial charge in [0.1, 0.15) is 23.9 Å². The van der Waals surface area contributed by atoms with E-state index in [-0.39, 0.29) is 6.61 Å². The van der Waals surface area contributed by atoms with Crippen LogP contribution in [0.4, 0.5) is 5.82 Å². The van der Waals surface area contributed by atoms with Gasteiger partial charge in [-0.15, -0.1) is 0 Å². The van der Waals surface area contributed by atoms with Crippen molar-refractivity contribution in [2.45, 2.75) is 13.5 Å². The minimum atomic E-state index is 0.235. The quantitative estimate of drug-likeness (QED) is 0.664. The van der Waals surface area contributed by atoms with Gasteiger partial charge in [-0.1, -0.05) is 28.4 Å². The monoisotopic (exact) mass is 418 g/mol. The van der Waals surface area contributed by atoms with Gasteiger partial charge in [-0.05, 0) is 42.3 Å². The molecule has 1 aliphatic rings. The summed E-state index contributed by atoms with van der Waals surface area (Å²) in [6.07, 6.45) is 1.81. The van der Waals surface area contributed by atoms with Crippen molar-refractivity contribution >= 4 is 29.0 Å². The van der Waals surface area contributed by atoms with Gasteiger partial charge in [-0.2, -0.15) is 0 Å². The number of hydrogen-bond donors (Lipinski definition) is 1. The number of pyridine rings is 1. The molecule has 0 spiro atoms. The first-order valence-corrected chi connectivity index (χ1v) is 9.82. The van der Waals surface area contributed by atoms with Gasteiger partial charge >= 0.3 is 0 Å². The van der Waals surface area contributed by atoms with E-state index >= 15 is 0 Å². The number of aryl methyl sites for hydroxylation is 1. The van der Waals surface area contributed by atoms with Gasteiger partial charge in [0, 0.05) is 38.4 Å². The van der Waals surface area contributed by atoms with Crippen LogP contribution in [-0.2, 0) is 6.61 Å². The number of aromatic nitrogens is 2. The van der Waals surface area contributed by atoms with Crippen LogP contribution in [0, 0.1) is 6.92 Å². The maximum Gasteiger partial charge on any atom is 0.157 e. The Balaban J connectivity index is 1.55. The summed E-state index contributed by atoms with van der Waals surface area (Å²) >= 11 is 12.9. The Morgan fingerprint density at radius 1 is 1.11 bits per heavy atom. The number of hydrogen-bond acceptors (Lipinski definition) is 6. The molecule has 6 nitrogen and oxygen atoms in total. The van der Waals surface area contributed by atoms with Gasteiger partial charge < -0.3 is 19.5 Å². The molecule has 8 heteroatoms. The standard InChI is InChI=1S/C20H20Cl2N4O2/c1-13-8-16(25-28-13)12-27-20-17(21)9-15(10-18(20)22)14-2-3-24-19(11-14)26-6-4-23-5-7-26/h2-3,8-11,23H,4-7,12H2,1H3. The van der Waals surface area contributed by atoms with Gasteiger partial charge in [0.05, 0.1) is 10.0 Å². The van der Waals surface area contributed by atoms with Crippen molar-refractivity contribution in [3.63, 3.8) is 0 Å². The topological polar surface area (TPSA) is 63.4 Å². The molecule has 3 heterocycles. The third-order valence-electron chi connectivity index (χ3n) is 4.56. The van der Waals surface area contributed by atoms with E-state index in [2.05, 4.69) is 26.4 Å². The minimum absolute atomic E-state index is 0.235. The van der Waals surface area contributed by atoms with Crippen LogP contribution in [0.5, 0.6) is 5.75 Å². The number of ether oxygens (including phenoxy) is 1. The normalized spacial score (nSPS) is 14.3. The van der Waals surface area contributed by atoms with E-state index in [4.69, 9.17) is 32.5 Å². The summed E-state index contributed by atoms with van der Waals surface area (Å²) in [5.74, 6) is 2.11. The molecule has 0 radical (unpaired) electrons. The predicted octanol–water partition coefficient (Wildman–Crippen LogP) is 4.34. The number of nitrogens with zero attached hydrogens (tertiary/aromatic N) is 3. The van der Waals surface area contributed by atoms with Gasteiger partial charge in [0.15, 0.2) is 5.75 Å². The highest BCUT2D eigenvalue weighted by atomic mass is 35.5. The van der Waals surface area contributed by atoms with Crippen LogP contribution in [0.15, 0.2) is 41.1 Å². The third kappa shape index (κ3) is 4.24. The SMILES string of the molecule is Cc1cc(COc2c(Cl)cc(-c3ccnc(N4CCNCC4)c3)cc2Cl)no1. The van der Waals surface area contributed by atoms with Crippen molar-refractivity contribution in [3.8, 4) is 16.9 Å². The van der Waals surface area contributed by atoms with Crippen LogP contribution >= 0.6 is 23.2 Å². The molecule has 1 fully saturated rings. The average Bonchev–Trinajstić information content (AvgIpc) is 3.13. The molecule has 0 saturated carbocycles. The molecule has 2 aromatic heterocycles. The van der Waals surface area contributed by atoms with Crippen molar-refractivity contribution in [1.29, 1.82) is 0 Å². The first-order valence-electron chi connectivity index (χ1n) is 9.06. The second-order valence-corrected chi connectivity index (χ2v) is 7.44. The largest absolute Gasteiger partial charge is 0.484 e. The summed E-state index contributed by atoms with van der Waals surface area (Å²) in [7, 11) is 0. The van der Waals surface area contributed by atoms with Crippen LogP contribution < -0.4 is 15.0 Å². The molecule has 1 aliphatic heterocycles. The Morgan fingerprint density at radius 2 is 1.86 bits per heavy atom. The Labute approximate surface area is 173 Å². The van der Waals surface area contributed by atoms with E-state index in [1.54, 1.807) is 0 Å². The van der Waals surface area contributed by atoms with Gasteiger partial charge in [0.25, 0.3) is 0 Å². The fourth-order valence-electron chi connectivity index (χ4n) is 3.16. The maximum absolute atomic E-state index is 6.46. The van der Waals surface area contributed by atoms with Crippen LogP contribution in [0.1, 0.15) is 11.5 Å². The minimum Gasteiger partial charge on any atom is -0.484 e. The molecule has 1 N–H and O–H groups in total. The van der Waals surface area contributed by atoms with E-state index in [0.717, 1.165) is 48.9 Å². The van der Waals surface area contributed by atoms with Crippen molar-refractivity contribution < 1.29 is 9.26 Å². The van der Waals surface area contributed by atoms with E-state index in [9.17, 15) is 0 Å². The molecular formula is C20H20Cl2N4O2. The summed E-state index contributed by atoms with van der Waals surface area (Å²) in [4.78, 5) is 6.77. The molecule has 0 unspecified atom stereocenters. The van der Waals surface area contributed by atoms with E-state index in [1.165, 1.54) is 0 Å². The summed E-state index contributed by atoms with van der Waals surface area (Å²) in [6.45, 7) is 5.85. The van der Waals surface area contributed by atoms with Gasteiger partial charge in [0.2, 0.25) is 0 Å². The number of anilines is 1. The Bertz CT molecular complexity index is 947. The highest BCUT2D eigenvalue weighted by Gasteiger charge is 2.15. The van der Waals surface area contributed by atoms with Crippen molar-refractivity contribution in [2.24, 2.45) is 0 Å². The van der Waals surface area contributed by atoms with Crippen molar-refractivity contribution in [1.82, 2.24) is 15.5 Å². The van der Waals surface area contributed by atoms with E-state index in [1.807, 2.05) is 37.4 Å². The molecular weight excluding hydrogens is 399 g/mol. The van der Waals surface area contributed by atoms with E-state index in [0.29, 0.717) is 21.5 Å². The summed E-state index contributed by atoms with van der Waals surface area (Å²) in [5, 5.41) is 8.15. The number of piperazine rings is 1. The zero-order chi connectivity index (χ0) is 19.5. The van der Waals surface area contributed by atoms with Crippen LogP contribution in [0.3, 0.4) is 0 Å². The highest BCUT2D eigenvalue weighted by Crippen LogP contribution is 2.38.